The molecule has 1 aliphatic rings. The molecular formula is C16H15N. The summed E-state index contributed by atoms with van der Waals surface area (Å²) >= 11 is 0. The van der Waals surface area contributed by atoms with E-state index in [4.69, 9.17) is 0 Å². The molecule has 0 radical (unpaired) electrons. The summed E-state index contributed by atoms with van der Waals surface area (Å²) in [5.41, 5.74) is 2.59. The molecule has 1 fully saturated rings. The quantitative estimate of drug-likeness (QED) is 0.716. The third kappa shape index (κ3) is 2.39. The van der Waals surface area contributed by atoms with E-state index >= 15 is 0 Å². The molecule has 0 aliphatic carbocycles. The molecule has 1 nitrogen and oxygen atoms in total. The van der Waals surface area contributed by atoms with Gasteiger partial charge in [-0.15, -0.1) is 0 Å². The van der Waals surface area contributed by atoms with Gasteiger partial charge in [0.15, 0.2) is 0 Å². The first-order valence-electron chi connectivity index (χ1n) is 5.98. The van der Waals surface area contributed by atoms with Gasteiger partial charge in [-0.1, -0.05) is 60.7 Å². The molecule has 0 spiro atoms. The van der Waals surface area contributed by atoms with Crippen molar-refractivity contribution in [2.45, 2.75) is 6.04 Å². The summed E-state index contributed by atoms with van der Waals surface area (Å²) in [5, 5.41) is 0. The molecule has 0 amide bonds. The first-order valence-corrected chi connectivity index (χ1v) is 5.98. The van der Waals surface area contributed by atoms with Crippen molar-refractivity contribution >= 4 is 11.8 Å². The second-order valence-corrected chi connectivity index (χ2v) is 4.33. The van der Waals surface area contributed by atoms with Crippen molar-refractivity contribution in [3.8, 4) is 0 Å². The van der Waals surface area contributed by atoms with Crippen molar-refractivity contribution in [3.63, 3.8) is 0 Å². The van der Waals surface area contributed by atoms with Gasteiger partial charge in [0.1, 0.15) is 0 Å². The highest BCUT2D eigenvalue weighted by Gasteiger charge is 2.31. The molecule has 1 saturated heterocycles. The number of rotatable bonds is 3. The van der Waals surface area contributed by atoms with Crippen LogP contribution in [-0.2, 0) is 0 Å². The van der Waals surface area contributed by atoms with Gasteiger partial charge in [-0.3, -0.25) is 0 Å². The molecule has 2 aromatic rings. The molecule has 1 unspecified atom stereocenters. The predicted molar refractivity (Wildman–Crippen MR) is 73.1 cm³/mol. The van der Waals surface area contributed by atoms with E-state index < -0.39 is 0 Å². The molecule has 1 aliphatic heterocycles. The molecule has 0 aromatic heterocycles. The van der Waals surface area contributed by atoms with Gasteiger partial charge in [0.05, 0.1) is 6.04 Å². The molecule has 3 rings (SSSR count). The highest BCUT2D eigenvalue weighted by molar-refractivity contribution is 5.59. The summed E-state index contributed by atoms with van der Waals surface area (Å²) in [6.07, 6.45) is 4.48. The van der Waals surface area contributed by atoms with E-state index in [1.807, 2.05) is 6.07 Å². The molecule has 0 N–H and O–H groups in total. The summed E-state index contributed by atoms with van der Waals surface area (Å²) in [4.78, 5) is 2.39. The predicted octanol–water partition coefficient (Wildman–Crippen LogP) is 3.59. The Balaban J connectivity index is 1.65. The molecule has 1 heteroatoms. The van der Waals surface area contributed by atoms with Gasteiger partial charge >= 0.3 is 0 Å². The fourth-order valence-electron chi connectivity index (χ4n) is 2.02. The van der Waals surface area contributed by atoms with Gasteiger partial charge in [-0.05, 0) is 17.7 Å². The van der Waals surface area contributed by atoms with Crippen molar-refractivity contribution in [2.24, 2.45) is 0 Å². The zero-order chi connectivity index (χ0) is 11.5. The van der Waals surface area contributed by atoms with E-state index in [-0.39, 0.29) is 0 Å². The minimum Gasteiger partial charge on any atom is -0.361 e. The van der Waals surface area contributed by atoms with E-state index in [1.165, 1.54) is 11.3 Å². The molecule has 84 valence electrons. The normalized spacial score (nSPS) is 18.6. The average Bonchev–Trinajstić information content (AvgIpc) is 3.18. The number of hydrogen-bond acceptors (Lipinski definition) is 1. The summed E-state index contributed by atoms with van der Waals surface area (Å²) in [6.45, 7) is 1.13. The smallest absolute Gasteiger partial charge is 0.0652 e. The maximum Gasteiger partial charge on any atom is 0.0652 e. The van der Waals surface area contributed by atoms with Crippen LogP contribution in [0.2, 0.25) is 0 Å². The second-order valence-electron chi connectivity index (χ2n) is 4.33. The minimum atomic E-state index is 0.567. The number of anilines is 1. The van der Waals surface area contributed by atoms with Crippen LogP contribution in [-0.4, -0.2) is 12.6 Å². The van der Waals surface area contributed by atoms with Gasteiger partial charge in [0.2, 0.25) is 0 Å². The fourth-order valence-corrected chi connectivity index (χ4v) is 2.02. The van der Waals surface area contributed by atoms with Crippen LogP contribution in [0.3, 0.4) is 0 Å². The highest BCUT2D eigenvalue weighted by atomic mass is 15.3. The van der Waals surface area contributed by atoms with Crippen LogP contribution in [0, 0.1) is 0 Å². The molecule has 1 atom stereocenters. The highest BCUT2D eigenvalue weighted by Crippen LogP contribution is 2.28. The van der Waals surface area contributed by atoms with Crippen molar-refractivity contribution in [1.29, 1.82) is 0 Å². The van der Waals surface area contributed by atoms with Crippen molar-refractivity contribution in [2.75, 3.05) is 11.4 Å². The first kappa shape index (κ1) is 10.2. The minimum absolute atomic E-state index is 0.567. The van der Waals surface area contributed by atoms with Crippen LogP contribution in [0.5, 0.6) is 0 Å². The maximum absolute atomic E-state index is 2.39. The standard InChI is InChI=1S/C16H15N/c1-3-7-14(8-4-1)11-12-16-13-17(16)15-9-5-2-6-10-15/h1-12,16H,13H2/b12-11+. The molecule has 0 bridgehead atoms. The Morgan fingerprint density at radius 3 is 2.24 bits per heavy atom. The number of benzene rings is 2. The maximum atomic E-state index is 2.39. The van der Waals surface area contributed by atoms with Crippen LogP contribution in [0.15, 0.2) is 66.7 Å². The van der Waals surface area contributed by atoms with E-state index in [9.17, 15) is 0 Å². The lowest BCUT2D eigenvalue weighted by Crippen LogP contribution is -1.95. The lowest BCUT2D eigenvalue weighted by molar-refractivity contribution is 1.27. The Kier molecular flexibility index (Phi) is 2.66. The van der Waals surface area contributed by atoms with Gasteiger partial charge in [-0.25, -0.2) is 0 Å². The zero-order valence-electron chi connectivity index (χ0n) is 9.66. The van der Waals surface area contributed by atoms with E-state index in [0.29, 0.717) is 6.04 Å². The van der Waals surface area contributed by atoms with E-state index in [1.54, 1.807) is 0 Å². The lowest BCUT2D eigenvalue weighted by Gasteiger charge is -2.02. The Morgan fingerprint density at radius 1 is 0.882 bits per heavy atom. The monoisotopic (exact) mass is 221 g/mol. The summed E-state index contributed by atoms with van der Waals surface area (Å²) < 4.78 is 0. The summed E-state index contributed by atoms with van der Waals surface area (Å²) in [6, 6.07) is 21.6. The van der Waals surface area contributed by atoms with Gasteiger partial charge in [0, 0.05) is 12.2 Å². The van der Waals surface area contributed by atoms with Crippen molar-refractivity contribution in [3.05, 3.63) is 72.3 Å². The van der Waals surface area contributed by atoms with Crippen LogP contribution in [0.4, 0.5) is 5.69 Å². The Hall–Kier alpha value is -2.02. The van der Waals surface area contributed by atoms with Gasteiger partial charge < -0.3 is 4.90 Å². The largest absolute Gasteiger partial charge is 0.361 e. The lowest BCUT2D eigenvalue weighted by atomic mass is 10.2. The van der Waals surface area contributed by atoms with E-state index in [2.05, 4.69) is 71.6 Å². The van der Waals surface area contributed by atoms with Crippen LogP contribution in [0.1, 0.15) is 5.56 Å². The summed E-state index contributed by atoms with van der Waals surface area (Å²) in [5.74, 6) is 0. The second kappa shape index (κ2) is 4.46. The number of para-hydroxylation sites is 1. The van der Waals surface area contributed by atoms with Crippen molar-refractivity contribution in [1.82, 2.24) is 0 Å². The molecule has 1 heterocycles. The number of hydrogen-bond donors (Lipinski definition) is 0. The fraction of sp³-hybridized carbons (Fsp3) is 0.125. The van der Waals surface area contributed by atoms with Gasteiger partial charge in [0.25, 0.3) is 0 Å². The SMILES string of the molecule is C(=C\C1CN1c1ccccc1)/c1ccccc1. The van der Waals surface area contributed by atoms with Crippen LogP contribution < -0.4 is 4.90 Å². The summed E-state index contributed by atoms with van der Waals surface area (Å²) in [7, 11) is 0. The first-order chi connectivity index (χ1) is 8.43. The molecule has 2 aromatic carbocycles. The van der Waals surface area contributed by atoms with E-state index in [0.717, 1.165) is 6.54 Å². The molecular weight excluding hydrogens is 206 g/mol. The van der Waals surface area contributed by atoms with Crippen LogP contribution >= 0.6 is 0 Å². The number of nitrogens with zero attached hydrogens (tertiary/aromatic N) is 1. The third-order valence-electron chi connectivity index (χ3n) is 3.05. The zero-order valence-corrected chi connectivity index (χ0v) is 9.66. The molecule has 17 heavy (non-hydrogen) atoms. The molecule has 0 saturated carbocycles. The average molecular weight is 221 g/mol. The third-order valence-corrected chi connectivity index (χ3v) is 3.05. The van der Waals surface area contributed by atoms with Crippen LogP contribution in [0.25, 0.3) is 6.08 Å². The van der Waals surface area contributed by atoms with Gasteiger partial charge in [-0.2, -0.15) is 0 Å². The van der Waals surface area contributed by atoms with Crippen molar-refractivity contribution < 1.29 is 0 Å². The Bertz CT molecular complexity index is 502. The Labute approximate surface area is 102 Å². The Morgan fingerprint density at radius 2 is 1.53 bits per heavy atom. The topological polar surface area (TPSA) is 3.01 Å².